The van der Waals surface area contributed by atoms with E-state index in [1.807, 2.05) is 6.92 Å². The first-order valence-electron chi connectivity index (χ1n) is 4.99. The minimum Gasteiger partial charge on any atom is -0.368 e. The van der Waals surface area contributed by atoms with E-state index in [1.165, 1.54) is 18.8 Å². The number of amides is 1. The molecule has 94 valence electrons. The molecule has 1 aliphatic heterocycles. The van der Waals surface area contributed by atoms with E-state index in [-0.39, 0.29) is 27.7 Å². The van der Waals surface area contributed by atoms with E-state index in [2.05, 4.69) is 15.6 Å². The molecule has 7 nitrogen and oxygen atoms in total. The lowest BCUT2D eigenvalue weighted by Crippen LogP contribution is -2.35. The number of amidine groups is 1. The molecule has 0 aromatic carbocycles. The molecule has 0 aromatic rings. The largest absolute Gasteiger partial charge is 0.368 e. The predicted octanol–water partition coefficient (Wildman–Crippen LogP) is 0.322. The summed E-state index contributed by atoms with van der Waals surface area (Å²) in [6.07, 6.45) is 0.358. The second kappa shape index (κ2) is 5.67. The molecule has 1 amide bonds. The molecule has 0 radical (unpaired) electrons. The normalized spacial score (nSPS) is 24.1. The second-order valence-corrected chi connectivity index (χ2v) is 4.89. The number of nitro groups is 1. The summed E-state index contributed by atoms with van der Waals surface area (Å²) in [5.41, 5.74) is -0.195. The second-order valence-electron chi connectivity index (χ2n) is 3.44. The molecule has 1 rings (SSSR count). The Morgan fingerprint density at radius 2 is 2.35 bits per heavy atom. The number of carbonyl (C=O) groups is 1. The highest BCUT2D eigenvalue weighted by Gasteiger charge is 2.31. The summed E-state index contributed by atoms with van der Waals surface area (Å²) in [6, 6.07) is 0. The van der Waals surface area contributed by atoms with Crippen molar-refractivity contribution in [1.29, 1.82) is 0 Å². The number of carbonyl (C=O) groups excluding carboxylic acids is 1. The van der Waals surface area contributed by atoms with Crippen LogP contribution in [0.15, 0.2) is 15.7 Å². The monoisotopic (exact) mass is 258 g/mol. The summed E-state index contributed by atoms with van der Waals surface area (Å²) in [5, 5.41) is 16.5. The Morgan fingerprint density at radius 3 is 2.76 bits per heavy atom. The van der Waals surface area contributed by atoms with Gasteiger partial charge in [-0.25, -0.2) is 0 Å². The summed E-state index contributed by atoms with van der Waals surface area (Å²) in [5.74, 6) is -0.0657. The lowest BCUT2D eigenvalue weighted by Gasteiger charge is -2.20. The zero-order chi connectivity index (χ0) is 13.0. The van der Waals surface area contributed by atoms with Crippen molar-refractivity contribution in [3.8, 4) is 0 Å². The average Bonchev–Trinajstić information content (AvgIpc) is 2.23. The predicted molar refractivity (Wildman–Crippen MR) is 66.3 cm³/mol. The summed E-state index contributed by atoms with van der Waals surface area (Å²) in [6.45, 7) is 1.85. The van der Waals surface area contributed by atoms with Crippen molar-refractivity contribution >= 4 is 23.5 Å². The Hall–Kier alpha value is -1.57. The molecule has 1 aliphatic rings. The lowest BCUT2D eigenvalue weighted by atomic mass is 10.3. The number of thioether (sulfide) groups is 1. The Balaban J connectivity index is 3.19. The molecule has 0 aromatic heterocycles. The van der Waals surface area contributed by atoms with Crippen molar-refractivity contribution in [3.63, 3.8) is 0 Å². The molecule has 1 fully saturated rings. The van der Waals surface area contributed by atoms with Crippen LogP contribution in [0.5, 0.6) is 0 Å². The van der Waals surface area contributed by atoms with Gasteiger partial charge in [0.2, 0.25) is 11.7 Å². The molecule has 1 atom stereocenters. The Labute approximate surface area is 103 Å². The van der Waals surface area contributed by atoms with Gasteiger partial charge in [0.25, 0.3) is 0 Å². The molecule has 1 heterocycles. The number of likely N-dealkylation sites (N-methyl/N-ethyl adjacent to an activating group) is 1. The van der Waals surface area contributed by atoms with Crippen molar-refractivity contribution in [2.75, 3.05) is 14.1 Å². The van der Waals surface area contributed by atoms with Gasteiger partial charge in [0.15, 0.2) is 5.03 Å². The fourth-order valence-electron chi connectivity index (χ4n) is 1.44. The summed E-state index contributed by atoms with van der Waals surface area (Å²) >= 11 is 1.27. The molecular formula is C9H14N4O3S. The minimum atomic E-state index is -0.542. The van der Waals surface area contributed by atoms with Crippen molar-refractivity contribution < 1.29 is 9.72 Å². The van der Waals surface area contributed by atoms with E-state index in [1.54, 1.807) is 7.05 Å². The SMILES string of the molecule is CN=C(NC)/C(=C1/NC(=O)CC(C)S1)[N+](=O)[O-]. The lowest BCUT2D eigenvalue weighted by molar-refractivity contribution is -0.416. The van der Waals surface area contributed by atoms with Crippen LogP contribution in [0.25, 0.3) is 0 Å². The van der Waals surface area contributed by atoms with Crippen LogP contribution in [0.1, 0.15) is 13.3 Å². The molecule has 0 spiro atoms. The Morgan fingerprint density at radius 1 is 1.71 bits per heavy atom. The maximum absolute atomic E-state index is 11.4. The molecule has 8 heteroatoms. The first-order chi connectivity index (χ1) is 7.99. The number of nitrogens with zero attached hydrogens (tertiary/aromatic N) is 2. The number of hydrogen-bond acceptors (Lipinski definition) is 5. The standard InChI is InChI=1S/C9H14N4O3S/c1-5-4-6(14)12-9(17-5)7(13(15)16)8(10-2)11-3/h5H,4H2,1-3H3,(H,10,11)(H,12,14)/b9-7+. The van der Waals surface area contributed by atoms with E-state index in [0.29, 0.717) is 6.42 Å². The van der Waals surface area contributed by atoms with Gasteiger partial charge in [-0.2, -0.15) is 0 Å². The average molecular weight is 258 g/mol. The van der Waals surface area contributed by atoms with Crippen molar-refractivity contribution in [2.24, 2.45) is 4.99 Å². The number of hydrogen-bond donors (Lipinski definition) is 2. The van der Waals surface area contributed by atoms with Gasteiger partial charge in [0, 0.05) is 25.8 Å². The van der Waals surface area contributed by atoms with Gasteiger partial charge >= 0.3 is 5.70 Å². The minimum absolute atomic E-state index is 0.0173. The third kappa shape index (κ3) is 3.19. The summed E-state index contributed by atoms with van der Waals surface area (Å²) in [7, 11) is 3.00. The fraction of sp³-hybridized carbons (Fsp3) is 0.556. The van der Waals surface area contributed by atoms with E-state index in [0.717, 1.165) is 0 Å². The maximum atomic E-state index is 11.4. The first-order valence-corrected chi connectivity index (χ1v) is 5.87. The highest BCUT2D eigenvalue weighted by atomic mass is 32.2. The highest BCUT2D eigenvalue weighted by Crippen LogP contribution is 2.29. The van der Waals surface area contributed by atoms with E-state index in [9.17, 15) is 14.9 Å². The number of rotatable bonds is 2. The summed E-state index contributed by atoms with van der Waals surface area (Å²) in [4.78, 5) is 25.7. The van der Waals surface area contributed by atoms with Crippen LogP contribution in [0.2, 0.25) is 0 Å². The van der Waals surface area contributed by atoms with Crippen molar-refractivity contribution in [1.82, 2.24) is 10.6 Å². The fourth-order valence-corrected chi connectivity index (χ4v) is 2.53. The van der Waals surface area contributed by atoms with Crippen LogP contribution in [0, 0.1) is 10.1 Å². The zero-order valence-corrected chi connectivity index (χ0v) is 10.6. The molecule has 1 unspecified atom stereocenters. The number of nitrogens with one attached hydrogen (secondary N) is 2. The van der Waals surface area contributed by atoms with Gasteiger partial charge in [0.05, 0.1) is 4.92 Å². The van der Waals surface area contributed by atoms with Crippen LogP contribution in [-0.4, -0.2) is 36.0 Å². The third-order valence-corrected chi connectivity index (χ3v) is 3.23. The van der Waals surface area contributed by atoms with Gasteiger partial charge < -0.3 is 10.6 Å². The van der Waals surface area contributed by atoms with Gasteiger partial charge in [-0.3, -0.25) is 19.9 Å². The number of aliphatic imine (C=N–C) groups is 1. The van der Waals surface area contributed by atoms with Crippen LogP contribution in [0.4, 0.5) is 0 Å². The van der Waals surface area contributed by atoms with Gasteiger partial charge in [0.1, 0.15) is 0 Å². The molecule has 0 saturated carbocycles. The van der Waals surface area contributed by atoms with Gasteiger partial charge in [-0.15, -0.1) is 0 Å². The Kier molecular flexibility index (Phi) is 4.50. The van der Waals surface area contributed by atoms with Crippen LogP contribution in [0.3, 0.4) is 0 Å². The van der Waals surface area contributed by atoms with Gasteiger partial charge in [-0.1, -0.05) is 18.7 Å². The van der Waals surface area contributed by atoms with Crippen LogP contribution in [-0.2, 0) is 4.79 Å². The Bertz CT molecular complexity index is 405. The van der Waals surface area contributed by atoms with Crippen LogP contribution < -0.4 is 10.6 Å². The third-order valence-electron chi connectivity index (χ3n) is 2.13. The smallest absolute Gasteiger partial charge is 0.340 e. The molecule has 2 N–H and O–H groups in total. The zero-order valence-electron chi connectivity index (χ0n) is 9.81. The van der Waals surface area contributed by atoms with Gasteiger partial charge in [-0.05, 0) is 0 Å². The molecule has 17 heavy (non-hydrogen) atoms. The quantitative estimate of drug-likeness (QED) is 0.322. The highest BCUT2D eigenvalue weighted by molar-refractivity contribution is 8.03. The maximum Gasteiger partial charge on any atom is 0.340 e. The van der Waals surface area contributed by atoms with E-state index < -0.39 is 4.92 Å². The summed E-state index contributed by atoms with van der Waals surface area (Å²) < 4.78 is 0. The van der Waals surface area contributed by atoms with E-state index in [4.69, 9.17) is 0 Å². The molecule has 0 bridgehead atoms. The first kappa shape index (κ1) is 13.5. The molecular weight excluding hydrogens is 244 g/mol. The molecule has 1 saturated heterocycles. The van der Waals surface area contributed by atoms with Crippen molar-refractivity contribution in [3.05, 3.63) is 20.8 Å². The topological polar surface area (TPSA) is 96.6 Å². The molecule has 0 aliphatic carbocycles. The van der Waals surface area contributed by atoms with E-state index >= 15 is 0 Å². The van der Waals surface area contributed by atoms with Crippen LogP contribution >= 0.6 is 11.8 Å². The van der Waals surface area contributed by atoms with Crippen molar-refractivity contribution in [2.45, 2.75) is 18.6 Å².